The van der Waals surface area contributed by atoms with Gasteiger partial charge in [-0.2, -0.15) is 0 Å². The third kappa shape index (κ3) is 3.55. The Kier molecular flexibility index (Phi) is 4.18. The van der Waals surface area contributed by atoms with Crippen LogP contribution in [0.1, 0.15) is 24.5 Å². The fraction of sp³-hybridized carbons (Fsp3) is 0.400. The summed E-state index contributed by atoms with van der Waals surface area (Å²) in [5.41, 5.74) is 6.45. The average Bonchev–Trinajstić information content (AvgIpc) is 3.13. The maximum atomic E-state index is 13.6. The van der Waals surface area contributed by atoms with E-state index in [0.29, 0.717) is 17.0 Å². The first-order valence-corrected chi connectivity index (χ1v) is 6.37. The fourth-order valence-corrected chi connectivity index (χ4v) is 1.94. The number of nitrogens with one attached hydrogen (secondary N) is 1. The number of hydrogen-bond donors (Lipinski definition) is 2. The molecule has 19 heavy (non-hydrogen) atoms. The van der Waals surface area contributed by atoms with Crippen LogP contribution >= 0.6 is 0 Å². The molecule has 1 aliphatic carbocycles. The average molecular weight is 260 g/mol. The highest BCUT2D eigenvalue weighted by Crippen LogP contribution is 2.37. The van der Waals surface area contributed by atoms with Crippen molar-refractivity contribution in [1.29, 1.82) is 0 Å². The Hall–Kier alpha value is -1.86. The summed E-state index contributed by atoms with van der Waals surface area (Å²) < 4.78 is 13.6. The lowest BCUT2D eigenvalue weighted by Gasteiger charge is -2.06. The van der Waals surface area contributed by atoms with E-state index < -0.39 is 0 Å². The van der Waals surface area contributed by atoms with Crippen molar-refractivity contribution in [2.75, 3.05) is 6.54 Å². The summed E-state index contributed by atoms with van der Waals surface area (Å²) in [5, 5.41) is 2.76. The van der Waals surface area contributed by atoms with Crippen LogP contribution in [0.15, 0.2) is 18.2 Å². The highest BCUT2D eigenvalue weighted by Gasteiger charge is 2.38. The second-order valence-electron chi connectivity index (χ2n) is 4.85. The number of carbonyl (C=O) groups is 1. The van der Waals surface area contributed by atoms with Gasteiger partial charge in [0.15, 0.2) is 0 Å². The first-order chi connectivity index (χ1) is 9.11. The van der Waals surface area contributed by atoms with E-state index >= 15 is 0 Å². The van der Waals surface area contributed by atoms with Crippen LogP contribution in [-0.2, 0) is 11.3 Å². The van der Waals surface area contributed by atoms with Gasteiger partial charge in [0.05, 0.1) is 6.54 Å². The minimum Gasteiger partial charge on any atom is -0.352 e. The Balaban J connectivity index is 2.00. The topological polar surface area (TPSA) is 55.1 Å². The second kappa shape index (κ2) is 5.85. The standard InChI is InChI=1S/C15H17FN2O/c1-10-7-13(10)15(19)18-9-12-8-11(3-2-6-17)4-5-14(12)16/h4-5,8,10,13H,6-7,9,17H2,1H3,(H,18,19). The summed E-state index contributed by atoms with van der Waals surface area (Å²) in [4.78, 5) is 11.7. The van der Waals surface area contributed by atoms with Gasteiger partial charge in [-0.15, -0.1) is 0 Å². The summed E-state index contributed by atoms with van der Waals surface area (Å²) >= 11 is 0. The highest BCUT2D eigenvalue weighted by atomic mass is 19.1. The molecule has 3 nitrogen and oxygen atoms in total. The van der Waals surface area contributed by atoms with Gasteiger partial charge in [-0.05, 0) is 30.5 Å². The second-order valence-corrected chi connectivity index (χ2v) is 4.85. The van der Waals surface area contributed by atoms with Crippen molar-refractivity contribution in [1.82, 2.24) is 5.32 Å². The molecule has 0 aliphatic heterocycles. The van der Waals surface area contributed by atoms with E-state index in [2.05, 4.69) is 17.2 Å². The number of rotatable bonds is 3. The molecule has 0 aromatic heterocycles. The van der Waals surface area contributed by atoms with Crippen molar-refractivity contribution in [3.8, 4) is 11.8 Å². The molecular formula is C15H17FN2O. The Labute approximate surface area is 112 Å². The first kappa shape index (κ1) is 13.6. The number of halogens is 1. The Bertz CT molecular complexity index is 545. The number of amides is 1. The Morgan fingerprint density at radius 2 is 2.32 bits per heavy atom. The van der Waals surface area contributed by atoms with E-state index in [9.17, 15) is 9.18 Å². The van der Waals surface area contributed by atoms with Gasteiger partial charge in [-0.1, -0.05) is 18.8 Å². The Morgan fingerprint density at radius 1 is 1.58 bits per heavy atom. The van der Waals surface area contributed by atoms with E-state index in [1.54, 1.807) is 12.1 Å². The third-order valence-corrected chi connectivity index (χ3v) is 3.28. The van der Waals surface area contributed by atoms with Gasteiger partial charge in [0.25, 0.3) is 0 Å². The molecule has 1 aromatic carbocycles. The van der Waals surface area contributed by atoms with E-state index in [4.69, 9.17) is 5.73 Å². The van der Waals surface area contributed by atoms with Crippen LogP contribution in [0.3, 0.4) is 0 Å². The summed E-state index contributed by atoms with van der Waals surface area (Å²) in [6.45, 7) is 2.50. The highest BCUT2D eigenvalue weighted by molar-refractivity contribution is 5.81. The zero-order valence-corrected chi connectivity index (χ0v) is 10.9. The molecule has 0 bridgehead atoms. The zero-order valence-electron chi connectivity index (χ0n) is 10.9. The van der Waals surface area contributed by atoms with Crippen molar-refractivity contribution in [3.63, 3.8) is 0 Å². The van der Waals surface area contributed by atoms with Crippen LogP contribution in [-0.4, -0.2) is 12.5 Å². The SMILES string of the molecule is CC1CC1C(=O)NCc1cc(C#CCN)ccc1F. The van der Waals surface area contributed by atoms with Crippen molar-refractivity contribution >= 4 is 5.91 Å². The third-order valence-electron chi connectivity index (χ3n) is 3.28. The quantitative estimate of drug-likeness (QED) is 0.807. The van der Waals surface area contributed by atoms with Crippen LogP contribution in [0.2, 0.25) is 0 Å². The van der Waals surface area contributed by atoms with Gasteiger partial charge in [0.2, 0.25) is 5.91 Å². The number of nitrogens with two attached hydrogens (primary N) is 1. The summed E-state index contributed by atoms with van der Waals surface area (Å²) in [6, 6.07) is 4.61. The van der Waals surface area contributed by atoms with E-state index in [1.807, 2.05) is 6.92 Å². The van der Waals surface area contributed by atoms with Crippen molar-refractivity contribution in [2.45, 2.75) is 19.9 Å². The lowest BCUT2D eigenvalue weighted by Crippen LogP contribution is -2.25. The molecule has 3 N–H and O–H groups in total. The Morgan fingerprint density at radius 3 is 2.95 bits per heavy atom. The molecule has 4 heteroatoms. The van der Waals surface area contributed by atoms with E-state index in [-0.39, 0.29) is 30.7 Å². The minimum atomic E-state index is -0.331. The lowest BCUT2D eigenvalue weighted by molar-refractivity contribution is -0.122. The van der Waals surface area contributed by atoms with Crippen LogP contribution in [0, 0.1) is 29.5 Å². The molecule has 1 saturated carbocycles. The monoisotopic (exact) mass is 260 g/mol. The van der Waals surface area contributed by atoms with E-state index in [1.165, 1.54) is 6.07 Å². The molecule has 100 valence electrons. The molecule has 0 heterocycles. The summed E-state index contributed by atoms with van der Waals surface area (Å²) in [5.74, 6) is 5.79. The molecule has 1 amide bonds. The molecule has 1 aliphatic rings. The normalized spacial score (nSPS) is 20.4. The molecular weight excluding hydrogens is 243 g/mol. The van der Waals surface area contributed by atoms with Crippen LogP contribution in [0.4, 0.5) is 4.39 Å². The van der Waals surface area contributed by atoms with Gasteiger partial charge in [-0.3, -0.25) is 4.79 Å². The first-order valence-electron chi connectivity index (χ1n) is 6.37. The smallest absolute Gasteiger partial charge is 0.223 e. The van der Waals surface area contributed by atoms with Gasteiger partial charge in [0, 0.05) is 23.6 Å². The molecule has 2 unspecified atom stereocenters. The van der Waals surface area contributed by atoms with Gasteiger partial charge in [0.1, 0.15) is 5.82 Å². The fourth-order valence-electron chi connectivity index (χ4n) is 1.94. The van der Waals surface area contributed by atoms with Crippen molar-refractivity contribution in [2.24, 2.45) is 17.6 Å². The summed E-state index contributed by atoms with van der Waals surface area (Å²) in [6.07, 6.45) is 0.927. The maximum absolute atomic E-state index is 13.6. The maximum Gasteiger partial charge on any atom is 0.223 e. The van der Waals surface area contributed by atoms with Crippen molar-refractivity contribution in [3.05, 3.63) is 35.1 Å². The van der Waals surface area contributed by atoms with Gasteiger partial charge < -0.3 is 11.1 Å². The minimum absolute atomic E-state index is 0.00495. The van der Waals surface area contributed by atoms with Crippen LogP contribution in [0.25, 0.3) is 0 Å². The summed E-state index contributed by atoms with van der Waals surface area (Å²) in [7, 11) is 0. The molecule has 2 atom stereocenters. The molecule has 0 spiro atoms. The van der Waals surface area contributed by atoms with E-state index in [0.717, 1.165) is 6.42 Å². The van der Waals surface area contributed by atoms with Crippen molar-refractivity contribution < 1.29 is 9.18 Å². The number of benzene rings is 1. The van der Waals surface area contributed by atoms with Gasteiger partial charge >= 0.3 is 0 Å². The zero-order chi connectivity index (χ0) is 13.8. The van der Waals surface area contributed by atoms with Crippen LogP contribution in [0.5, 0.6) is 0 Å². The molecule has 0 saturated heterocycles. The lowest BCUT2D eigenvalue weighted by atomic mass is 10.1. The molecule has 1 fully saturated rings. The molecule has 0 radical (unpaired) electrons. The van der Waals surface area contributed by atoms with Crippen LogP contribution < -0.4 is 11.1 Å². The number of carbonyl (C=O) groups excluding carboxylic acids is 1. The van der Waals surface area contributed by atoms with Gasteiger partial charge in [-0.25, -0.2) is 4.39 Å². The predicted octanol–water partition coefficient (Wildman–Crippen LogP) is 1.41. The molecule has 1 aromatic rings. The largest absolute Gasteiger partial charge is 0.352 e. The predicted molar refractivity (Wildman–Crippen MR) is 71.5 cm³/mol. The number of hydrogen-bond acceptors (Lipinski definition) is 2. The molecule has 2 rings (SSSR count).